The fourth-order valence-electron chi connectivity index (χ4n) is 4.45. The second kappa shape index (κ2) is 9.34. The van der Waals surface area contributed by atoms with E-state index in [4.69, 9.17) is 9.72 Å². The molecule has 3 heterocycles. The summed E-state index contributed by atoms with van der Waals surface area (Å²) in [6.07, 6.45) is 3.37. The van der Waals surface area contributed by atoms with Crippen molar-refractivity contribution >= 4 is 38.8 Å². The lowest BCUT2D eigenvalue weighted by molar-refractivity contribution is -0.118. The van der Waals surface area contributed by atoms with Crippen LogP contribution in [-0.2, 0) is 9.53 Å². The summed E-state index contributed by atoms with van der Waals surface area (Å²) in [5.41, 5.74) is 3.07. The topological polar surface area (TPSA) is 57.7 Å². The summed E-state index contributed by atoms with van der Waals surface area (Å²) in [5, 5.41) is 4.21. The van der Waals surface area contributed by atoms with Crippen LogP contribution in [0.5, 0.6) is 0 Å². The third-order valence-corrected chi connectivity index (χ3v) is 7.22. The van der Waals surface area contributed by atoms with Gasteiger partial charge in [0.2, 0.25) is 5.91 Å². The molecule has 0 radical (unpaired) electrons. The molecule has 1 atom stereocenters. The molecule has 0 bridgehead atoms. The highest BCUT2D eigenvalue weighted by molar-refractivity contribution is 7.18. The maximum atomic E-state index is 12.8. The van der Waals surface area contributed by atoms with Gasteiger partial charge in [-0.2, -0.15) is 0 Å². The summed E-state index contributed by atoms with van der Waals surface area (Å²) in [5.74, 6) is 0.0344. The van der Waals surface area contributed by atoms with Crippen LogP contribution in [0.3, 0.4) is 0 Å². The highest BCUT2D eigenvalue weighted by Crippen LogP contribution is 2.35. The normalized spacial score (nSPS) is 20.1. The average molecular weight is 437 g/mol. The molecule has 1 N–H and O–H groups in total. The number of benzene rings is 2. The first kappa shape index (κ1) is 20.4. The van der Waals surface area contributed by atoms with Crippen molar-refractivity contribution in [1.29, 1.82) is 0 Å². The van der Waals surface area contributed by atoms with Gasteiger partial charge in [0, 0.05) is 24.5 Å². The highest BCUT2D eigenvalue weighted by Gasteiger charge is 2.28. The van der Waals surface area contributed by atoms with Gasteiger partial charge in [-0.05, 0) is 55.8 Å². The Labute approximate surface area is 186 Å². The Morgan fingerprint density at radius 2 is 1.87 bits per heavy atom. The fraction of sp³-hybridized carbons (Fsp3) is 0.417. The Kier molecular flexibility index (Phi) is 6.15. The minimum absolute atomic E-state index is 0.0344. The maximum Gasteiger partial charge on any atom is 0.238 e. The van der Waals surface area contributed by atoms with Gasteiger partial charge >= 0.3 is 0 Å². The van der Waals surface area contributed by atoms with E-state index in [0.717, 1.165) is 61.9 Å². The third-order valence-electron chi connectivity index (χ3n) is 6.08. The van der Waals surface area contributed by atoms with Crippen molar-refractivity contribution in [3.05, 3.63) is 53.5 Å². The van der Waals surface area contributed by atoms with E-state index in [1.54, 1.807) is 11.3 Å². The quantitative estimate of drug-likeness (QED) is 0.646. The summed E-state index contributed by atoms with van der Waals surface area (Å²) in [4.78, 5) is 22.3. The SMILES string of the molecule is O=C(CN1CCCCC1c1nc2ccccc2s1)Nc1ccc(N2CCOCC2)cc1. The van der Waals surface area contributed by atoms with E-state index in [2.05, 4.69) is 45.4 Å². The van der Waals surface area contributed by atoms with Gasteiger partial charge in [0.05, 0.1) is 36.0 Å². The zero-order chi connectivity index (χ0) is 21.0. The number of nitrogens with one attached hydrogen (secondary N) is 1. The van der Waals surface area contributed by atoms with Crippen LogP contribution in [0.4, 0.5) is 11.4 Å². The molecule has 0 spiro atoms. The van der Waals surface area contributed by atoms with Crippen LogP contribution >= 0.6 is 11.3 Å². The van der Waals surface area contributed by atoms with Crippen molar-refractivity contribution in [2.45, 2.75) is 25.3 Å². The number of morpholine rings is 1. The number of hydrogen-bond donors (Lipinski definition) is 1. The molecule has 6 nitrogen and oxygen atoms in total. The molecule has 2 saturated heterocycles. The van der Waals surface area contributed by atoms with Crippen LogP contribution < -0.4 is 10.2 Å². The van der Waals surface area contributed by atoms with E-state index >= 15 is 0 Å². The number of amides is 1. The van der Waals surface area contributed by atoms with E-state index in [1.165, 1.54) is 16.8 Å². The molecule has 2 aliphatic heterocycles. The number of carbonyl (C=O) groups excluding carboxylic acids is 1. The number of hydrogen-bond acceptors (Lipinski definition) is 6. The van der Waals surface area contributed by atoms with Gasteiger partial charge in [-0.3, -0.25) is 9.69 Å². The number of thiazole rings is 1. The lowest BCUT2D eigenvalue weighted by atomic mass is 10.0. The molecule has 162 valence electrons. The first-order valence-electron chi connectivity index (χ1n) is 11.1. The van der Waals surface area contributed by atoms with E-state index in [9.17, 15) is 4.79 Å². The van der Waals surface area contributed by atoms with Crippen molar-refractivity contribution in [1.82, 2.24) is 9.88 Å². The Morgan fingerprint density at radius 1 is 1.06 bits per heavy atom. The van der Waals surface area contributed by atoms with Crippen LogP contribution in [0.15, 0.2) is 48.5 Å². The Bertz CT molecular complexity index is 996. The van der Waals surface area contributed by atoms with E-state index < -0.39 is 0 Å². The van der Waals surface area contributed by atoms with Gasteiger partial charge in [0.25, 0.3) is 0 Å². The summed E-state index contributed by atoms with van der Waals surface area (Å²) >= 11 is 1.76. The van der Waals surface area contributed by atoms with Gasteiger partial charge in [-0.1, -0.05) is 18.6 Å². The largest absolute Gasteiger partial charge is 0.378 e. The van der Waals surface area contributed by atoms with E-state index in [-0.39, 0.29) is 11.9 Å². The second-order valence-electron chi connectivity index (χ2n) is 8.20. The summed E-state index contributed by atoms with van der Waals surface area (Å²) in [7, 11) is 0. The smallest absolute Gasteiger partial charge is 0.238 e. The molecule has 1 unspecified atom stereocenters. The zero-order valence-corrected chi connectivity index (χ0v) is 18.4. The van der Waals surface area contributed by atoms with E-state index in [0.29, 0.717) is 6.54 Å². The Hall–Kier alpha value is -2.48. The molecule has 1 aromatic heterocycles. The number of nitrogens with zero attached hydrogens (tertiary/aromatic N) is 3. The number of piperidine rings is 1. The summed E-state index contributed by atoms with van der Waals surface area (Å²) in [6, 6.07) is 16.6. The molecule has 2 aromatic carbocycles. The first-order valence-corrected chi connectivity index (χ1v) is 11.9. The summed E-state index contributed by atoms with van der Waals surface area (Å²) in [6.45, 7) is 4.69. The van der Waals surface area contributed by atoms with Gasteiger partial charge in [-0.25, -0.2) is 4.98 Å². The van der Waals surface area contributed by atoms with Crippen molar-refractivity contribution in [2.75, 3.05) is 49.6 Å². The number of ether oxygens (including phenoxy) is 1. The van der Waals surface area contributed by atoms with Crippen molar-refractivity contribution < 1.29 is 9.53 Å². The van der Waals surface area contributed by atoms with Crippen molar-refractivity contribution in [3.63, 3.8) is 0 Å². The monoisotopic (exact) mass is 436 g/mol. The van der Waals surface area contributed by atoms with Crippen LogP contribution in [0, 0.1) is 0 Å². The minimum Gasteiger partial charge on any atom is -0.378 e. The minimum atomic E-state index is 0.0344. The summed E-state index contributed by atoms with van der Waals surface area (Å²) < 4.78 is 6.64. The number of likely N-dealkylation sites (tertiary alicyclic amines) is 1. The molecule has 2 fully saturated rings. The fourth-order valence-corrected chi connectivity index (χ4v) is 5.59. The molecule has 1 amide bonds. The predicted molar refractivity (Wildman–Crippen MR) is 126 cm³/mol. The van der Waals surface area contributed by atoms with Crippen LogP contribution in [-0.4, -0.2) is 55.2 Å². The lowest BCUT2D eigenvalue weighted by Gasteiger charge is -2.33. The molecular weight excluding hydrogens is 408 g/mol. The average Bonchev–Trinajstić information content (AvgIpc) is 3.25. The molecule has 0 saturated carbocycles. The zero-order valence-electron chi connectivity index (χ0n) is 17.6. The third kappa shape index (κ3) is 4.74. The number of rotatable bonds is 5. The first-order chi connectivity index (χ1) is 15.3. The molecule has 2 aliphatic rings. The van der Waals surface area contributed by atoms with Gasteiger partial charge in [0.15, 0.2) is 0 Å². The molecular formula is C24H28N4O2S. The van der Waals surface area contributed by atoms with Crippen molar-refractivity contribution in [2.24, 2.45) is 0 Å². The molecule has 31 heavy (non-hydrogen) atoms. The molecule has 0 aliphatic carbocycles. The molecule has 5 rings (SSSR count). The number of carbonyl (C=O) groups is 1. The number of para-hydroxylation sites is 1. The van der Waals surface area contributed by atoms with Gasteiger partial charge in [-0.15, -0.1) is 11.3 Å². The Morgan fingerprint density at radius 3 is 2.68 bits per heavy atom. The van der Waals surface area contributed by atoms with Crippen LogP contribution in [0.2, 0.25) is 0 Å². The van der Waals surface area contributed by atoms with Gasteiger partial charge in [0.1, 0.15) is 5.01 Å². The predicted octanol–water partition coefficient (Wildman–Crippen LogP) is 4.30. The van der Waals surface area contributed by atoms with E-state index in [1.807, 2.05) is 18.2 Å². The number of aromatic nitrogens is 1. The lowest BCUT2D eigenvalue weighted by Crippen LogP contribution is -2.39. The highest BCUT2D eigenvalue weighted by atomic mass is 32.1. The standard InChI is InChI=1S/C24H28N4O2S/c29-23(25-18-8-10-19(11-9-18)27-13-15-30-16-14-27)17-28-12-4-3-6-21(28)24-26-20-5-1-2-7-22(20)31-24/h1-2,5,7-11,21H,3-4,6,12-17H2,(H,25,29). The van der Waals surface area contributed by atoms with Crippen LogP contribution in [0.1, 0.15) is 30.3 Å². The second-order valence-corrected chi connectivity index (χ2v) is 9.26. The number of fused-ring (bicyclic) bond motifs is 1. The van der Waals surface area contributed by atoms with Crippen LogP contribution in [0.25, 0.3) is 10.2 Å². The van der Waals surface area contributed by atoms with Crippen molar-refractivity contribution in [3.8, 4) is 0 Å². The molecule has 7 heteroatoms. The Balaban J connectivity index is 1.23. The number of anilines is 2. The van der Waals surface area contributed by atoms with Gasteiger partial charge < -0.3 is 15.0 Å². The molecule has 3 aromatic rings. The maximum absolute atomic E-state index is 12.8.